The number of hydrogen-bond donors (Lipinski definition) is 1. The van der Waals surface area contributed by atoms with Crippen molar-refractivity contribution in [3.8, 4) is 0 Å². The molecule has 1 N–H and O–H groups in total. The van der Waals surface area contributed by atoms with E-state index < -0.39 is 23.6 Å². The highest BCUT2D eigenvalue weighted by molar-refractivity contribution is 5.80. The molecule has 1 atom stereocenters. The van der Waals surface area contributed by atoms with Gasteiger partial charge in [0.2, 0.25) is 0 Å². The van der Waals surface area contributed by atoms with Crippen LogP contribution in [-0.4, -0.2) is 11.1 Å². The lowest BCUT2D eigenvalue weighted by Gasteiger charge is -2.21. The molecule has 0 fully saturated rings. The Balaban J connectivity index is 2.46. The maximum atomic E-state index is 12.9. The predicted octanol–water partition coefficient (Wildman–Crippen LogP) is 5.22. The quantitative estimate of drug-likeness (QED) is 0.834. The van der Waals surface area contributed by atoms with Crippen LogP contribution in [0.2, 0.25) is 0 Å². The molecule has 0 spiro atoms. The van der Waals surface area contributed by atoms with Crippen LogP contribution in [0.3, 0.4) is 0 Å². The first-order valence-electron chi connectivity index (χ1n) is 7.50. The Morgan fingerprint density at radius 2 is 1.50 bits per heavy atom. The maximum Gasteiger partial charge on any atom is 0.416 e. The van der Waals surface area contributed by atoms with Gasteiger partial charge in [-0.2, -0.15) is 13.2 Å². The number of benzene rings is 2. The van der Waals surface area contributed by atoms with Crippen LogP contribution in [-0.2, 0) is 16.4 Å². The van der Waals surface area contributed by atoms with Gasteiger partial charge in [-0.05, 0) is 28.2 Å². The smallest absolute Gasteiger partial charge is 0.416 e. The molecule has 0 aliphatic heterocycles. The van der Waals surface area contributed by atoms with Crippen molar-refractivity contribution < 1.29 is 23.1 Å². The molecule has 0 amide bonds. The third-order valence-electron chi connectivity index (χ3n) is 3.90. The molecule has 0 aliphatic carbocycles. The summed E-state index contributed by atoms with van der Waals surface area (Å²) in [5.41, 5.74) is 0.653. The molecule has 0 saturated carbocycles. The van der Waals surface area contributed by atoms with Gasteiger partial charge in [0.15, 0.2) is 0 Å². The predicted molar refractivity (Wildman–Crippen MR) is 86.1 cm³/mol. The van der Waals surface area contributed by atoms with Gasteiger partial charge in [-0.3, -0.25) is 4.79 Å². The van der Waals surface area contributed by atoms with E-state index in [-0.39, 0.29) is 11.0 Å². The van der Waals surface area contributed by atoms with Crippen LogP contribution in [0, 0.1) is 0 Å². The molecule has 0 aromatic heterocycles. The van der Waals surface area contributed by atoms with Crippen molar-refractivity contribution in [2.24, 2.45) is 0 Å². The van der Waals surface area contributed by atoms with E-state index in [1.807, 2.05) is 32.9 Å². The summed E-state index contributed by atoms with van der Waals surface area (Å²) < 4.78 is 38.6. The van der Waals surface area contributed by atoms with E-state index in [0.29, 0.717) is 5.56 Å². The average Bonchev–Trinajstić information content (AvgIpc) is 2.46. The van der Waals surface area contributed by atoms with Crippen LogP contribution in [0.5, 0.6) is 0 Å². The minimum atomic E-state index is -4.50. The van der Waals surface area contributed by atoms with Gasteiger partial charge in [-0.1, -0.05) is 63.2 Å². The van der Waals surface area contributed by atoms with Crippen molar-refractivity contribution in [1.82, 2.24) is 0 Å². The molecule has 0 heterocycles. The van der Waals surface area contributed by atoms with E-state index in [2.05, 4.69) is 0 Å². The zero-order valence-corrected chi connectivity index (χ0v) is 13.7. The monoisotopic (exact) mass is 336 g/mol. The lowest BCUT2D eigenvalue weighted by molar-refractivity contribution is -0.139. The van der Waals surface area contributed by atoms with Crippen LogP contribution in [0.25, 0.3) is 0 Å². The fourth-order valence-electron chi connectivity index (χ4n) is 2.55. The summed E-state index contributed by atoms with van der Waals surface area (Å²) in [6.45, 7) is 6.09. The summed E-state index contributed by atoms with van der Waals surface area (Å²) in [6.07, 6.45) is -4.50. The topological polar surface area (TPSA) is 37.3 Å². The largest absolute Gasteiger partial charge is 0.481 e. The number of alkyl halides is 3. The van der Waals surface area contributed by atoms with Crippen molar-refractivity contribution >= 4 is 5.97 Å². The van der Waals surface area contributed by atoms with E-state index in [9.17, 15) is 23.1 Å². The van der Waals surface area contributed by atoms with Gasteiger partial charge in [0.25, 0.3) is 0 Å². The van der Waals surface area contributed by atoms with Gasteiger partial charge < -0.3 is 5.11 Å². The molecule has 1 unspecified atom stereocenters. The van der Waals surface area contributed by atoms with Crippen molar-refractivity contribution in [1.29, 1.82) is 0 Å². The van der Waals surface area contributed by atoms with E-state index in [1.54, 1.807) is 12.1 Å². The number of hydrogen-bond acceptors (Lipinski definition) is 1. The second-order valence-corrected chi connectivity index (χ2v) is 6.77. The van der Waals surface area contributed by atoms with Gasteiger partial charge in [-0.25, -0.2) is 0 Å². The fraction of sp³-hybridized carbons (Fsp3) is 0.316. The Labute approximate surface area is 138 Å². The molecule has 128 valence electrons. The molecule has 0 aliphatic rings. The second kappa shape index (κ2) is 6.30. The van der Waals surface area contributed by atoms with Gasteiger partial charge in [0, 0.05) is 0 Å². The molecule has 2 aromatic carbocycles. The number of aliphatic carboxylic acids is 1. The highest BCUT2D eigenvalue weighted by atomic mass is 19.4. The van der Waals surface area contributed by atoms with E-state index in [4.69, 9.17) is 0 Å². The van der Waals surface area contributed by atoms with Crippen molar-refractivity contribution in [3.05, 3.63) is 70.8 Å². The molecule has 2 rings (SSSR count). The molecule has 0 bridgehead atoms. The molecular weight excluding hydrogens is 317 g/mol. The van der Waals surface area contributed by atoms with E-state index >= 15 is 0 Å². The van der Waals surface area contributed by atoms with Crippen molar-refractivity contribution in [2.45, 2.75) is 38.3 Å². The molecule has 0 saturated heterocycles. The molecule has 0 radical (unpaired) electrons. The molecule has 2 nitrogen and oxygen atoms in total. The zero-order valence-electron chi connectivity index (χ0n) is 13.7. The number of carbonyl (C=O) groups is 1. The SMILES string of the molecule is CC(C)(C)c1ccc(C(C(=O)O)c2cccc(C(F)(F)F)c2)cc1. The number of carboxylic acids is 1. The normalized spacial score (nSPS) is 13.6. The Bertz CT molecular complexity index is 726. The Kier molecular flexibility index (Phi) is 4.74. The highest BCUT2D eigenvalue weighted by Gasteiger charge is 2.32. The zero-order chi connectivity index (χ0) is 18.1. The summed E-state index contributed by atoms with van der Waals surface area (Å²) in [5, 5.41) is 9.52. The fourth-order valence-corrected chi connectivity index (χ4v) is 2.55. The van der Waals surface area contributed by atoms with Crippen LogP contribution in [0.15, 0.2) is 48.5 Å². The average molecular weight is 336 g/mol. The minimum absolute atomic E-state index is 0.0898. The molecule has 2 aromatic rings. The standard InChI is InChI=1S/C19H19F3O2/c1-18(2,3)14-9-7-12(8-10-14)16(17(23)24)13-5-4-6-15(11-13)19(20,21)22/h4-11,16H,1-3H3,(H,23,24). The maximum absolute atomic E-state index is 12.9. The minimum Gasteiger partial charge on any atom is -0.481 e. The van der Waals surface area contributed by atoms with Crippen molar-refractivity contribution in [2.75, 3.05) is 0 Å². The van der Waals surface area contributed by atoms with Gasteiger partial charge in [-0.15, -0.1) is 0 Å². The van der Waals surface area contributed by atoms with Crippen LogP contribution in [0.1, 0.15) is 48.9 Å². The first-order chi connectivity index (χ1) is 11.0. The Hall–Kier alpha value is -2.30. The third kappa shape index (κ3) is 3.96. The number of carboxylic acid groups (broad SMARTS) is 1. The summed E-state index contributed by atoms with van der Waals surface area (Å²) in [4.78, 5) is 11.7. The van der Waals surface area contributed by atoms with Gasteiger partial charge in [0.1, 0.15) is 5.92 Å². The van der Waals surface area contributed by atoms with E-state index in [1.165, 1.54) is 12.1 Å². The van der Waals surface area contributed by atoms with Crippen LogP contribution in [0.4, 0.5) is 13.2 Å². The summed E-state index contributed by atoms with van der Waals surface area (Å²) >= 11 is 0. The highest BCUT2D eigenvalue weighted by Crippen LogP contribution is 2.33. The van der Waals surface area contributed by atoms with E-state index in [0.717, 1.165) is 17.7 Å². The first-order valence-corrected chi connectivity index (χ1v) is 7.50. The third-order valence-corrected chi connectivity index (χ3v) is 3.90. The lowest BCUT2D eigenvalue weighted by atomic mass is 9.84. The first kappa shape index (κ1) is 18.0. The van der Waals surface area contributed by atoms with Crippen molar-refractivity contribution in [3.63, 3.8) is 0 Å². The number of rotatable bonds is 3. The second-order valence-electron chi connectivity index (χ2n) is 6.77. The molecular formula is C19H19F3O2. The van der Waals surface area contributed by atoms with Gasteiger partial charge in [0.05, 0.1) is 5.56 Å². The molecule has 24 heavy (non-hydrogen) atoms. The summed E-state index contributed by atoms with van der Waals surface area (Å²) in [7, 11) is 0. The van der Waals surface area contributed by atoms with Gasteiger partial charge >= 0.3 is 12.1 Å². The van der Waals surface area contributed by atoms with Crippen LogP contribution >= 0.6 is 0 Å². The van der Waals surface area contributed by atoms with Crippen LogP contribution < -0.4 is 0 Å². The summed E-state index contributed by atoms with van der Waals surface area (Å²) in [6, 6.07) is 11.4. The molecule has 5 heteroatoms. The number of halogens is 3. The lowest BCUT2D eigenvalue weighted by Crippen LogP contribution is -2.16. The summed E-state index contributed by atoms with van der Waals surface area (Å²) in [5.74, 6) is -2.32. The Morgan fingerprint density at radius 3 is 1.96 bits per heavy atom. The Morgan fingerprint density at radius 1 is 0.917 bits per heavy atom.